The lowest BCUT2D eigenvalue weighted by atomic mass is 10.2. The van der Waals surface area contributed by atoms with Crippen LogP contribution < -0.4 is 11.1 Å². The van der Waals surface area contributed by atoms with Gasteiger partial charge in [-0.2, -0.15) is 0 Å². The summed E-state index contributed by atoms with van der Waals surface area (Å²) in [6.07, 6.45) is 0. The molecule has 0 unspecified atom stereocenters. The smallest absolute Gasteiger partial charge is 0.312 e. The number of carbonyl (C=O) groups is 2. The number of nitrogens with one attached hydrogen (secondary N) is 1. The zero-order valence-corrected chi connectivity index (χ0v) is 12.4. The number of thiocarbonyl (C=S) groups is 1. The van der Waals surface area contributed by atoms with Gasteiger partial charge in [-0.25, -0.2) is 0 Å². The fourth-order valence-corrected chi connectivity index (χ4v) is 1.71. The summed E-state index contributed by atoms with van der Waals surface area (Å²) in [7, 11) is 0. The molecule has 0 fully saturated rings. The maximum Gasteiger partial charge on any atom is 0.312 e. The van der Waals surface area contributed by atoms with Crippen LogP contribution in [0.2, 0.25) is 0 Å². The molecule has 0 radical (unpaired) electrons. The van der Waals surface area contributed by atoms with Gasteiger partial charge in [0.25, 0.3) is 0 Å². The molecule has 0 bridgehead atoms. The Morgan fingerprint density at radius 3 is 2.40 bits per heavy atom. The summed E-state index contributed by atoms with van der Waals surface area (Å²) in [5.74, 6) is -1.28. The van der Waals surface area contributed by atoms with E-state index in [1.165, 1.54) is 4.90 Å². The molecule has 3 N–H and O–H groups in total. The van der Waals surface area contributed by atoms with Crippen LogP contribution in [0.5, 0.6) is 0 Å². The zero-order chi connectivity index (χ0) is 15.1. The Morgan fingerprint density at radius 2 is 1.90 bits per heavy atom. The molecule has 0 aromatic heterocycles. The average Bonchev–Trinajstić information content (AvgIpc) is 2.42. The molecule has 108 valence electrons. The van der Waals surface area contributed by atoms with Gasteiger partial charge in [0, 0.05) is 12.6 Å². The van der Waals surface area contributed by atoms with Crippen LogP contribution in [-0.2, 0) is 16.1 Å². The van der Waals surface area contributed by atoms with Gasteiger partial charge < -0.3 is 16.0 Å². The number of hydrogen-bond acceptors (Lipinski definition) is 3. The van der Waals surface area contributed by atoms with Crippen molar-refractivity contribution in [2.75, 3.05) is 6.54 Å². The van der Waals surface area contributed by atoms with E-state index < -0.39 is 11.8 Å². The summed E-state index contributed by atoms with van der Waals surface area (Å²) in [5, 5.41) is 2.41. The summed E-state index contributed by atoms with van der Waals surface area (Å²) < 4.78 is 0. The van der Waals surface area contributed by atoms with Crippen molar-refractivity contribution < 1.29 is 9.59 Å². The van der Waals surface area contributed by atoms with E-state index in [0.717, 1.165) is 5.56 Å². The lowest BCUT2D eigenvalue weighted by Crippen LogP contribution is -2.47. The predicted molar refractivity (Wildman–Crippen MR) is 81.9 cm³/mol. The SMILES string of the molecule is CC(C)N(Cc1ccccc1)C(=O)C(=O)NCC(N)=S. The molecule has 0 aliphatic carbocycles. The highest BCUT2D eigenvalue weighted by atomic mass is 32.1. The second-order valence-corrected chi connectivity index (χ2v) is 5.19. The van der Waals surface area contributed by atoms with Crippen molar-refractivity contribution in [3.8, 4) is 0 Å². The average molecular weight is 293 g/mol. The van der Waals surface area contributed by atoms with E-state index >= 15 is 0 Å². The normalized spacial score (nSPS) is 10.2. The molecule has 0 aliphatic rings. The molecule has 2 amide bonds. The number of hydrogen-bond donors (Lipinski definition) is 2. The Morgan fingerprint density at radius 1 is 1.30 bits per heavy atom. The zero-order valence-electron chi connectivity index (χ0n) is 11.6. The van der Waals surface area contributed by atoms with Crippen LogP contribution in [0.15, 0.2) is 30.3 Å². The molecule has 1 aromatic rings. The number of carbonyl (C=O) groups excluding carboxylic acids is 2. The maximum absolute atomic E-state index is 12.1. The van der Waals surface area contributed by atoms with Gasteiger partial charge in [-0.3, -0.25) is 9.59 Å². The molecule has 1 aromatic carbocycles. The number of nitrogens with two attached hydrogens (primary N) is 1. The largest absolute Gasteiger partial charge is 0.392 e. The van der Waals surface area contributed by atoms with Gasteiger partial charge in [0.1, 0.15) is 0 Å². The molecule has 0 heterocycles. The molecular weight excluding hydrogens is 274 g/mol. The summed E-state index contributed by atoms with van der Waals surface area (Å²) >= 11 is 4.66. The van der Waals surface area contributed by atoms with Crippen LogP contribution in [0.1, 0.15) is 19.4 Å². The summed E-state index contributed by atoms with van der Waals surface area (Å²) in [5.41, 5.74) is 6.26. The minimum Gasteiger partial charge on any atom is -0.392 e. The quantitative estimate of drug-likeness (QED) is 0.623. The first-order valence-electron chi connectivity index (χ1n) is 6.33. The molecule has 0 spiro atoms. The summed E-state index contributed by atoms with van der Waals surface area (Å²) in [6.45, 7) is 4.14. The van der Waals surface area contributed by atoms with E-state index in [-0.39, 0.29) is 17.6 Å². The third-order valence-corrected chi connectivity index (χ3v) is 2.84. The van der Waals surface area contributed by atoms with E-state index in [4.69, 9.17) is 5.73 Å². The molecule has 0 saturated carbocycles. The first kappa shape index (κ1) is 16.1. The highest BCUT2D eigenvalue weighted by Gasteiger charge is 2.24. The van der Waals surface area contributed by atoms with Crippen molar-refractivity contribution in [1.29, 1.82) is 0 Å². The molecule has 5 nitrogen and oxygen atoms in total. The molecule has 1 rings (SSSR count). The number of rotatable bonds is 5. The summed E-state index contributed by atoms with van der Waals surface area (Å²) in [4.78, 5) is 25.5. The third-order valence-electron chi connectivity index (χ3n) is 2.70. The van der Waals surface area contributed by atoms with Gasteiger partial charge in [-0.05, 0) is 19.4 Å². The fraction of sp³-hybridized carbons (Fsp3) is 0.357. The van der Waals surface area contributed by atoms with Crippen molar-refractivity contribution in [1.82, 2.24) is 10.2 Å². The Hall–Kier alpha value is -1.95. The van der Waals surface area contributed by atoms with Gasteiger partial charge >= 0.3 is 11.8 Å². The van der Waals surface area contributed by atoms with E-state index in [9.17, 15) is 9.59 Å². The van der Waals surface area contributed by atoms with Crippen LogP contribution in [0.3, 0.4) is 0 Å². The minimum atomic E-state index is -0.692. The highest BCUT2D eigenvalue weighted by molar-refractivity contribution is 7.80. The summed E-state index contributed by atoms with van der Waals surface area (Å²) in [6, 6.07) is 9.43. The molecule has 0 atom stereocenters. The standard InChI is InChI=1S/C14H19N3O2S/c1-10(2)17(9-11-6-4-3-5-7-11)14(19)13(18)16-8-12(15)20/h3-7,10H,8-9H2,1-2H3,(H2,15,20)(H,16,18). The van der Waals surface area contributed by atoms with Crippen LogP contribution >= 0.6 is 12.2 Å². The van der Waals surface area contributed by atoms with Gasteiger partial charge in [0.05, 0.1) is 11.5 Å². The van der Waals surface area contributed by atoms with Crippen molar-refractivity contribution in [3.63, 3.8) is 0 Å². The highest BCUT2D eigenvalue weighted by Crippen LogP contribution is 2.08. The number of nitrogens with zero attached hydrogens (tertiary/aromatic N) is 1. The molecule has 0 saturated heterocycles. The van der Waals surface area contributed by atoms with Crippen molar-refractivity contribution >= 4 is 29.0 Å². The Kier molecular flexibility index (Phi) is 6.11. The third kappa shape index (κ3) is 4.97. The molecule has 20 heavy (non-hydrogen) atoms. The second-order valence-electron chi connectivity index (χ2n) is 4.66. The number of amides is 2. The van der Waals surface area contributed by atoms with Crippen molar-refractivity contribution in [2.45, 2.75) is 26.4 Å². The van der Waals surface area contributed by atoms with Crippen molar-refractivity contribution in [2.24, 2.45) is 5.73 Å². The van der Waals surface area contributed by atoms with Crippen molar-refractivity contribution in [3.05, 3.63) is 35.9 Å². The van der Waals surface area contributed by atoms with Crippen LogP contribution in [0.4, 0.5) is 0 Å². The molecular formula is C14H19N3O2S. The van der Waals surface area contributed by atoms with E-state index in [1.54, 1.807) is 0 Å². The lowest BCUT2D eigenvalue weighted by molar-refractivity contribution is -0.147. The van der Waals surface area contributed by atoms with Crippen LogP contribution in [-0.4, -0.2) is 34.3 Å². The fourth-order valence-electron chi connectivity index (χ4n) is 1.64. The molecule has 0 aliphatic heterocycles. The molecule has 6 heteroatoms. The van der Waals surface area contributed by atoms with Crippen LogP contribution in [0, 0.1) is 0 Å². The Balaban J connectivity index is 2.73. The second kappa shape index (κ2) is 7.59. The van der Waals surface area contributed by atoms with Gasteiger partial charge in [-0.15, -0.1) is 0 Å². The van der Waals surface area contributed by atoms with Crippen LogP contribution in [0.25, 0.3) is 0 Å². The van der Waals surface area contributed by atoms with E-state index in [2.05, 4.69) is 17.5 Å². The Labute approximate surface area is 124 Å². The lowest BCUT2D eigenvalue weighted by Gasteiger charge is -2.26. The van der Waals surface area contributed by atoms with Gasteiger partial charge in [0.15, 0.2) is 0 Å². The first-order chi connectivity index (χ1) is 9.41. The Bertz CT molecular complexity index is 488. The van der Waals surface area contributed by atoms with Gasteiger partial charge in [-0.1, -0.05) is 42.5 Å². The maximum atomic E-state index is 12.1. The topological polar surface area (TPSA) is 75.4 Å². The minimum absolute atomic E-state index is 0.0250. The van der Waals surface area contributed by atoms with Gasteiger partial charge in [0.2, 0.25) is 0 Å². The first-order valence-corrected chi connectivity index (χ1v) is 6.73. The van der Waals surface area contributed by atoms with E-state index in [1.807, 2.05) is 44.2 Å². The van der Waals surface area contributed by atoms with E-state index in [0.29, 0.717) is 6.54 Å². The monoisotopic (exact) mass is 293 g/mol. The number of benzene rings is 1. The predicted octanol–water partition coefficient (Wildman–Crippen LogP) is 0.826.